The average molecular weight is 276 g/mol. The lowest BCUT2D eigenvalue weighted by Gasteiger charge is -2.31. The summed E-state index contributed by atoms with van der Waals surface area (Å²) in [6, 6.07) is 3.09. The van der Waals surface area contributed by atoms with E-state index < -0.39 is 18.9 Å². The second kappa shape index (κ2) is 4.94. The highest BCUT2D eigenvalue weighted by Gasteiger charge is 2.34. The number of fused-ring (bicyclic) bond motifs is 1. The van der Waals surface area contributed by atoms with Gasteiger partial charge in [0.05, 0.1) is 6.54 Å². The van der Waals surface area contributed by atoms with E-state index in [2.05, 4.69) is 9.72 Å². The molecule has 1 aromatic rings. The highest BCUT2D eigenvalue weighted by molar-refractivity contribution is 5.89. The summed E-state index contributed by atoms with van der Waals surface area (Å²) in [6.45, 7) is 0.171. The van der Waals surface area contributed by atoms with E-state index in [1.54, 1.807) is 13.0 Å². The zero-order chi connectivity index (χ0) is 14.0. The van der Waals surface area contributed by atoms with Gasteiger partial charge >= 0.3 is 12.3 Å². The van der Waals surface area contributed by atoms with Gasteiger partial charge in [-0.3, -0.25) is 4.90 Å². The first kappa shape index (κ1) is 13.4. The van der Waals surface area contributed by atoms with Crippen LogP contribution in [0.1, 0.15) is 6.92 Å². The monoisotopic (exact) mass is 276 g/mol. The van der Waals surface area contributed by atoms with Gasteiger partial charge in [0, 0.05) is 6.20 Å². The van der Waals surface area contributed by atoms with Gasteiger partial charge in [0.15, 0.2) is 6.61 Å². The molecule has 19 heavy (non-hydrogen) atoms. The Labute approximate surface area is 106 Å². The third kappa shape index (κ3) is 3.27. The smallest absolute Gasteiger partial charge is 0.422 e. The number of hydrogen-bond acceptors (Lipinski definition) is 4. The molecule has 0 N–H and O–H groups in total. The second-order valence-corrected chi connectivity index (χ2v) is 4.04. The standard InChI is InChI=1S/C11H11F3N2O3/c1-7-5-16(10(17)18-6-11(12,13)14)8-3-2-4-15-9(8)19-7/h2-4,7H,5-6H2,1H3. The summed E-state index contributed by atoms with van der Waals surface area (Å²) in [5.74, 6) is 0.199. The molecule has 0 spiro atoms. The summed E-state index contributed by atoms with van der Waals surface area (Å²) in [7, 11) is 0. The van der Waals surface area contributed by atoms with Crippen LogP contribution in [0.4, 0.5) is 23.7 Å². The molecule has 0 aliphatic carbocycles. The molecule has 0 aromatic carbocycles. The molecule has 1 aliphatic rings. The maximum absolute atomic E-state index is 12.0. The number of hydrogen-bond donors (Lipinski definition) is 0. The summed E-state index contributed by atoms with van der Waals surface area (Å²) < 4.78 is 45.7. The number of anilines is 1. The minimum atomic E-state index is -4.55. The summed E-state index contributed by atoms with van der Waals surface area (Å²) in [5.41, 5.74) is 0.299. The molecule has 2 heterocycles. The predicted molar refractivity (Wildman–Crippen MR) is 59.1 cm³/mol. The summed E-state index contributed by atoms with van der Waals surface area (Å²) in [6.07, 6.45) is -4.52. The number of halogens is 3. The quantitative estimate of drug-likeness (QED) is 0.790. The zero-order valence-electron chi connectivity index (χ0n) is 9.98. The number of carbonyl (C=O) groups excluding carboxylic acids is 1. The fraction of sp³-hybridized carbons (Fsp3) is 0.455. The average Bonchev–Trinajstić information content (AvgIpc) is 2.34. The summed E-state index contributed by atoms with van der Waals surface area (Å²) in [5, 5.41) is 0. The van der Waals surface area contributed by atoms with Crippen LogP contribution in [0.3, 0.4) is 0 Å². The number of carbonyl (C=O) groups is 1. The lowest BCUT2D eigenvalue weighted by atomic mass is 10.2. The Balaban J connectivity index is 2.14. The fourth-order valence-electron chi connectivity index (χ4n) is 1.66. The van der Waals surface area contributed by atoms with Crippen LogP contribution in [0.2, 0.25) is 0 Å². The van der Waals surface area contributed by atoms with Crippen LogP contribution in [0.25, 0.3) is 0 Å². The molecular formula is C11H11F3N2O3. The van der Waals surface area contributed by atoms with E-state index in [1.807, 2.05) is 0 Å². The highest BCUT2D eigenvalue weighted by Crippen LogP contribution is 2.31. The lowest BCUT2D eigenvalue weighted by Crippen LogP contribution is -2.43. The van der Waals surface area contributed by atoms with Gasteiger partial charge in [-0.15, -0.1) is 0 Å². The topological polar surface area (TPSA) is 51.7 Å². The third-order valence-electron chi connectivity index (χ3n) is 2.37. The maximum atomic E-state index is 12.0. The van der Waals surface area contributed by atoms with E-state index in [9.17, 15) is 18.0 Å². The second-order valence-electron chi connectivity index (χ2n) is 4.04. The molecule has 1 aliphatic heterocycles. The van der Waals surface area contributed by atoms with Gasteiger partial charge in [0.2, 0.25) is 5.88 Å². The summed E-state index contributed by atoms with van der Waals surface area (Å²) >= 11 is 0. The molecule has 0 radical (unpaired) electrons. The van der Waals surface area contributed by atoms with Gasteiger partial charge in [0.1, 0.15) is 11.8 Å². The molecule has 1 aromatic heterocycles. The molecule has 0 saturated carbocycles. The molecule has 104 valence electrons. The first-order valence-electron chi connectivity index (χ1n) is 5.49. The Kier molecular flexibility index (Phi) is 3.50. The number of ether oxygens (including phenoxy) is 2. The maximum Gasteiger partial charge on any atom is 0.422 e. The Morgan fingerprint density at radius 3 is 3.05 bits per heavy atom. The van der Waals surface area contributed by atoms with E-state index in [0.29, 0.717) is 5.69 Å². The highest BCUT2D eigenvalue weighted by atomic mass is 19.4. The van der Waals surface area contributed by atoms with Crippen LogP contribution >= 0.6 is 0 Å². The molecule has 0 saturated heterocycles. The van der Waals surface area contributed by atoms with Crippen molar-refractivity contribution in [1.82, 2.24) is 4.98 Å². The number of nitrogens with zero attached hydrogens (tertiary/aromatic N) is 2. The Morgan fingerprint density at radius 1 is 1.63 bits per heavy atom. The SMILES string of the molecule is CC1CN(C(=O)OCC(F)(F)F)c2cccnc2O1. The molecule has 5 nitrogen and oxygen atoms in total. The number of pyridine rings is 1. The molecular weight excluding hydrogens is 265 g/mol. The van der Waals surface area contributed by atoms with E-state index >= 15 is 0 Å². The van der Waals surface area contributed by atoms with Crippen LogP contribution in [-0.2, 0) is 4.74 Å². The van der Waals surface area contributed by atoms with E-state index in [0.717, 1.165) is 4.90 Å². The van der Waals surface area contributed by atoms with Crippen LogP contribution in [0.5, 0.6) is 5.88 Å². The van der Waals surface area contributed by atoms with Gasteiger partial charge in [0.25, 0.3) is 0 Å². The number of rotatable bonds is 1. The van der Waals surface area contributed by atoms with Gasteiger partial charge < -0.3 is 9.47 Å². The van der Waals surface area contributed by atoms with Crippen molar-refractivity contribution in [2.45, 2.75) is 19.2 Å². The molecule has 0 bridgehead atoms. The lowest BCUT2D eigenvalue weighted by molar-refractivity contribution is -0.159. The van der Waals surface area contributed by atoms with Crippen molar-refractivity contribution < 1.29 is 27.4 Å². The Hall–Kier alpha value is -1.99. The number of aromatic nitrogens is 1. The van der Waals surface area contributed by atoms with Crippen molar-refractivity contribution in [3.8, 4) is 5.88 Å². The molecule has 1 unspecified atom stereocenters. The first-order valence-corrected chi connectivity index (χ1v) is 5.49. The van der Waals surface area contributed by atoms with Crippen molar-refractivity contribution >= 4 is 11.8 Å². The summed E-state index contributed by atoms with van der Waals surface area (Å²) in [4.78, 5) is 16.7. The molecule has 2 rings (SSSR count). The van der Waals surface area contributed by atoms with Gasteiger partial charge in [-0.25, -0.2) is 9.78 Å². The van der Waals surface area contributed by atoms with Crippen molar-refractivity contribution in [2.24, 2.45) is 0 Å². The largest absolute Gasteiger partial charge is 0.471 e. The van der Waals surface area contributed by atoms with Crippen molar-refractivity contribution in [3.05, 3.63) is 18.3 Å². The normalized spacial score (nSPS) is 18.5. The van der Waals surface area contributed by atoms with Crippen LogP contribution < -0.4 is 9.64 Å². The molecule has 8 heteroatoms. The van der Waals surface area contributed by atoms with Crippen LogP contribution in [0, 0.1) is 0 Å². The molecule has 1 amide bonds. The van der Waals surface area contributed by atoms with Crippen molar-refractivity contribution in [1.29, 1.82) is 0 Å². The Bertz CT molecular complexity index is 478. The van der Waals surface area contributed by atoms with Crippen LogP contribution in [0.15, 0.2) is 18.3 Å². The predicted octanol–water partition coefficient (Wildman–Crippen LogP) is 2.37. The minimum Gasteiger partial charge on any atom is -0.471 e. The van der Waals surface area contributed by atoms with Gasteiger partial charge in [-0.05, 0) is 19.1 Å². The van der Waals surface area contributed by atoms with Gasteiger partial charge in [-0.1, -0.05) is 0 Å². The van der Waals surface area contributed by atoms with E-state index in [4.69, 9.17) is 4.74 Å². The van der Waals surface area contributed by atoms with Gasteiger partial charge in [-0.2, -0.15) is 13.2 Å². The van der Waals surface area contributed by atoms with E-state index in [1.165, 1.54) is 12.3 Å². The number of amides is 1. The first-order chi connectivity index (χ1) is 8.87. The Morgan fingerprint density at radius 2 is 2.37 bits per heavy atom. The zero-order valence-corrected chi connectivity index (χ0v) is 9.98. The molecule has 1 atom stereocenters. The third-order valence-corrected chi connectivity index (χ3v) is 2.37. The fourth-order valence-corrected chi connectivity index (χ4v) is 1.66. The van der Waals surface area contributed by atoms with Crippen molar-refractivity contribution in [3.63, 3.8) is 0 Å². The number of alkyl halides is 3. The molecule has 0 fully saturated rings. The van der Waals surface area contributed by atoms with E-state index in [-0.39, 0.29) is 18.5 Å². The van der Waals surface area contributed by atoms with Crippen molar-refractivity contribution in [2.75, 3.05) is 18.1 Å². The minimum absolute atomic E-state index is 0.107. The van der Waals surface area contributed by atoms with Crippen LogP contribution in [-0.4, -0.2) is 36.5 Å².